The van der Waals surface area contributed by atoms with E-state index in [1.165, 1.54) is 15.3 Å². The molecule has 0 radical (unpaired) electrons. The van der Waals surface area contributed by atoms with Gasteiger partial charge in [0.2, 0.25) is 0 Å². The molecular weight excluding hydrogens is 290 g/mol. The minimum Gasteiger partial charge on any atom is -0.497 e. The highest BCUT2D eigenvalue weighted by molar-refractivity contribution is 7.18. The summed E-state index contributed by atoms with van der Waals surface area (Å²) in [6.07, 6.45) is 1.73. The van der Waals surface area contributed by atoms with Gasteiger partial charge in [0.05, 0.1) is 7.11 Å². The van der Waals surface area contributed by atoms with Crippen LogP contribution >= 0.6 is 22.9 Å². The lowest BCUT2D eigenvalue weighted by atomic mass is 10.2. The Morgan fingerprint density at radius 1 is 0.950 bits per heavy atom. The van der Waals surface area contributed by atoms with Gasteiger partial charge in [-0.3, -0.25) is 0 Å². The van der Waals surface area contributed by atoms with Gasteiger partial charge in [-0.15, -0.1) is 11.3 Å². The smallest absolute Gasteiger partial charge is 0.129 e. The van der Waals surface area contributed by atoms with Crippen LogP contribution in [0.25, 0.3) is 20.9 Å². The molecule has 0 N–H and O–H groups in total. The molecule has 3 rings (SSSR count). The summed E-state index contributed by atoms with van der Waals surface area (Å²) in [6.45, 7) is 0. The van der Waals surface area contributed by atoms with E-state index in [1.54, 1.807) is 24.6 Å². The lowest BCUT2D eigenvalue weighted by molar-refractivity contribution is 0.415. The second-order valence-electron chi connectivity index (χ2n) is 4.26. The van der Waals surface area contributed by atoms with Gasteiger partial charge < -0.3 is 4.74 Å². The van der Waals surface area contributed by atoms with E-state index < -0.39 is 0 Å². The summed E-state index contributed by atoms with van der Waals surface area (Å²) < 4.78 is 5.17. The van der Waals surface area contributed by atoms with Crippen LogP contribution in [0.3, 0.4) is 0 Å². The van der Waals surface area contributed by atoms with Crippen LogP contribution in [0.2, 0.25) is 5.15 Å². The fourth-order valence-corrected chi connectivity index (χ4v) is 3.14. The molecule has 0 amide bonds. The highest BCUT2D eigenvalue weighted by Gasteiger charge is 2.06. The molecule has 0 bridgehead atoms. The second-order valence-corrected chi connectivity index (χ2v) is 5.73. The number of ether oxygens (including phenoxy) is 1. The number of aromatic nitrogens is 1. The Balaban J connectivity index is 1.93. The Kier molecular flexibility index (Phi) is 3.72. The van der Waals surface area contributed by atoms with Gasteiger partial charge in [-0.2, -0.15) is 0 Å². The fraction of sp³-hybridized carbons (Fsp3) is 0.0625. The number of methoxy groups -OCH3 is 1. The van der Waals surface area contributed by atoms with Crippen LogP contribution in [0.4, 0.5) is 0 Å². The average molecular weight is 302 g/mol. The predicted octanol–water partition coefficient (Wildman–Crippen LogP) is 5.14. The number of halogens is 1. The first-order valence-electron chi connectivity index (χ1n) is 6.12. The van der Waals surface area contributed by atoms with E-state index in [9.17, 15) is 0 Å². The van der Waals surface area contributed by atoms with Gasteiger partial charge in [0.15, 0.2) is 0 Å². The van der Waals surface area contributed by atoms with Crippen LogP contribution in [0.15, 0.2) is 54.7 Å². The van der Waals surface area contributed by atoms with Crippen LogP contribution in [0, 0.1) is 0 Å². The molecule has 0 aliphatic rings. The minimum absolute atomic E-state index is 0.516. The molecule has 0 aliphatic heterocycles. The van der Waals surface area contributed by atoms with Crippen LogP contribution in [-0.2, 0) is 0 Å². The number of hydrogen-bond donors (Lipinski definition) is 0. The Hall–Kier alpha value is -1.84. The van der Waals surface area contributed by atoms with Gasteiger partial charge >= 0.3 is 0 Å². The standard InChI is InChI=1S/C16H12ClNOS/c1-19-13-4-2-11(3-5-13)14-6-7-15(20-14)12-8-9-18-16(17)10-12/h2-10H,1H3. The predicted molar refractivity (Wildman–Crippen MR) is 84.5 cm³/mol. The number of thiophene rings is 1. The third-order valence-electron chi connectivity index (χ3n) is 2.99. The number of rotatable bonds is 3. The second kappa shape index (κ2) is 5.65. The van der Waals surface area contributed by atoms with E-state index in [1.807, 2.05) is 24.3 Å². The molecule has 0 spiro atoms. The van der Waals surface area contributed by atoms with Crippen LogP contribution in [-0.4, -0.2) is 12.1 Å². The molecule has 0 aliphatic carbocycles. The van der Waals surface area contributed by atoms with E-state index in [0.717, 1.165) is 11.3 Å². The van der Waals surface area contributed by atoms with Crippen molar-refractivity contribution in [1.29, 1.82) is 0 Å². The van der Waals surface area contributed by atoms with Crippen molar-refractivity contribution in [3.8, 4) is 26.6 Å². The van der Waals surface area contributed by atoms with Crippen molar-refractivity contribution in [2.45, 2.75) is 0 Å². The van der Waals surface area contributed by atoms with Gasteiger partial charge in [-0.05, 0) is 59.7 Å². The quantitative estimate of drug-likeness (QED) is 0.625. The van der Waals surface area contributed by atoms with Crippen molar-refractivity contribution in [3.05, 3.63) is 59.9 Å². The van der Waals surface area contributed by atoms with Gasteiger partial charge in [0.25, 0.3) is 0 Å². The molecule has 0 saturated carbocycles. The topological polar surface area (TPSA) is 22.1 Å². The van der Waals surface area contributed by atoms with E-state index in [-0.39, 0.29) is 0 Å². The summed E-state index contributed by atoms with van der Waals surface area (Å²) in [6, 6.07) is 16.1. The first-order valence-corrected chi connectivity index (χ1v) is 7.32. The van der Waals surface area contributed by atoms with Crippen LogP contribution in [0.1, 0.15) is 0 Å². The first-order chi connectivity index (χ1) is 9.76. The molecule has 2 nitrogen and oxygen atoms in total. The maximum Gasteiger partial charge on any atom is 0.129 e. The zero-order chi connectivity index (χ0) is 13.9. The molecule has 0 atom stereocenters. The molecule has 0 unspecified atom stereocenters. The lowest BCUT2D eigenvalue weighted by Gasteiger charge is -2.01. The Morgan fingerprint density at radius 2 is 1.65 bits per heavy atom. The third kappa shape index (κ3) is 2.69. The Morgan fingerprint density at radius 3 is 2.30 bits per heavy atom. The van der Waals surface area contributed by atoms with Crippen molar-refractivity contribution in [1.82, 2.24) is 4.98 Å². The van der Waals surface area contributed by atoms with Crippen LogP contribution < -0.4 is 4.74 Å². The molecule has 3 aromatic rings. The molecule has 4 heteroatoms. The van der Waals surface area contributed by atoms with Crippen LogP contribution in [0.5, 0.6) is 5.75 Å². The monoisotopic (exact) mass is 301 g/mol. The molecule has 100 valence electrons. The van der Waals surface area contributed by atoms with Gasteiger partial charge in [-0.25, -0.2) is 4.98 Å². The highest BCUT2D eigenvalue weighted by atomic mass is 35.5. The summed E-state index contributed by atoms with van der Waals surface area (Å²) >= 11 is 7.67. The van der Waals surface area contributed by atoms with Crippen molar-refractivity contribution >= 4 is 22.9 Å². The number of benzene rings is 1. The molecular formula is C16H12ClNOS. The summed E-state index contributed by atoms with van der Waals surface area (Å²) in [4.78, 5) is 6.40. The molecule has 2 heterocycles. The molecule has 20 heavy (non-hydrogen) atoms. The first kappa shape index (κ1) is 13.2. The number of hydrogen-bond acceptors (Lipinski definition) is 3. The highest BCUT2D eigenvalue weighted by Crippen LogP contribution is 2.35. The van der Waals surface area contributed by atoms with Crippen molar-refractivity contribution in [3.63, 3.8) is 0 Å². The SMILES string of the molecule is COc1ccc(-c2ccc(-c3ccnc(Cl)c3)s2)cc1. The van der Waals surface area contributed by atoms with Gasteiger partial charge in [-0.1, -0.05) is 11.6 Å². The fourth-order valence-electron chi connectivity index (χ4n) is 1.96. The van der Waals surface area contributed by atoms with E-state index in [4.69, 9.17) is 16.3 Å². The summed E-state index contributed by atoms with van der Waals surface area (Å²) in [7, 11) is 1.67. The summed E-state index contributed by atoms with van der Waals surface area (Å²) in [5, 5.41) is 0.516. The third-order valence-corrected chi connectivity index (χ3v) is 4.38. The van der Waals surface area contributed by atoms with Crippen molar-refractivity contribution in [2.75, 3.05) is 7.11 Å². The van der Waals surface area contributed by atoms with Crippen molar-refractivity contribution in [2.24, 2.45) is 0 Å². The molecule has 0 fully saturated rings. The zero-order valence-electron chi connectivity index (χ0n) is 10.8. The lowest BCUT2D eigenvalue weighted by Crippen LogP contribution is -1.81. The van der Waals surface area contributed by atoms with E-state index >= 15 is 0 Å². The minimum atomic E-state index is 0.516. The summed E-state index contributed by atoms with van der Waals surface area (Å²) in [5.74, 6) is 0.867. The van der Waals surface area contributed by atoms with E-state index in [0.29, 0.717) is 5.15 Å². The Bertz CT molecular complexity index is 721. The zero-order valence-corrected chi connectivity index (χ0v) is 12.4. The van der Waals surface area contributed by atoms with Gasteiger partial charge in [0.1, 0.15) is 10.9 Å². The van der Waals surface area contributed by atoms with Gasteiger partial charge in [0, 0.05) is 16.0 Å². The summed E-state index contributed by atoms with van der Waals surface area (Å²) in [5.41, 5.74) is 2.27. The number of pyridine rings is 1. The average Bonchev–Trinajstić information content (AvgIpc) is 2.97. The molecule has 2 aromatic heterocycles. The normalized spacial score (nSPS) is 10.5. The van der Waals surface area contributed by atoms with E-state index in [2.05, 4.69) is 29.2 Å². The Labute approximate surface area is 126 Å². The molecule has 0 saturated heterocycles. The van der Waals surface area contributed by atoms with Crippen molar-refractivity contribution < 1.29 is 4.74 Å². The largest absolute Gasteiger partial charge is 0.497 e. The number of nitrogens with zero attached hydrogens (tertiary/aromatic N) is 1. The maximum atomic E-state index is 5.93. The molecule has 1 aromatic carbocycles. The maximum absolute atomic E-state index is 5.93.